The molecule has 5 heteroatoms. The number of hydrogen-bond acceptors (Lipinski definition) is 4. The highest BCUT2D eigenvalue weighted by molar-refractivity contribution is 6.01. The van der Waals surface area contributed by atoms with Gasteiger partial charge in [-0.05, 0) is 29.7 Å². The van der Waals surface area contributed by atoms with Gasteiger partial charge in [-0.1, -0.05) is 42.5 Å². The second-order valence-electron chi connectivity index (χ2n) is 5.75. The van der Waals surface area contributed by atoms with Gasteiger partial charge in [-0.3, -0.25) is 4.79 Å². The molecular weight excluding hydrogens is 316 g/mol. The van der Waals surface area contributed by atoms with Crippen molar-refractivity contribution in [2.75, 3.05) is 13.7 Å². The van der Waals surface area contributed by atoms with Gasteiger partial charge in [0.1, 0.15) is 17.7 Å². The standard InChI is InChI=1S/C20H18N2O3/c1-3-25-20(24)17(12-21)18-15-10-9-14(13-7-5-4-6-8-13)11-16(15)19(23)22(18)2/h4-11,18,24H,3H2,1-2H3/b20-17-. The van der Waals surface area contributed by atoms with Gasteiger partial charge in [-0.2, -0.15) is 5.26 Å². The number of amides is 1. The number of aliphatic hydroxyl groups is 1. The third-order valence-electron chi connectivity index (χ3n) is 4.30. The highest BCUT2D eigenvalue weighted by Gasteiger charge is 2.38. The first-order valence-electron chi connectivity index (χ1n) is 8.01. The molecule has 0 aromatic heterocycles. The molecule has 0 spiro atoms. The molecule has 1 heterocycles. The fourth-order valence-corrected chi connectivity index (χ4v) is 3.10. The lowest BCUT2D eigenvalue weighted by atomic mass is 9.95. The quantitative estimate of drug-likeness (QED) is 0.681. The summed E-state index contributed by atoms with van der Waals surface area (Å²) in [5.41, 5.74) is 3.19. The highest BCUT2D eigenvalue weighted by Crippen LogP contribution is 2.39. The van der Waals surface area contributed by atoms with Gasteiger partial charge in [0.15, 0.2) is 0 Å². The Balaban J connectivity index is 2.10. The van der Waals surface area contributed by atoms with E-state index in [-0.39, 0.29) is 18.1 Å². The minimum absolute atomic E-state index is 0.0314. The zero-order valence-electron chi connectivity index (χ0n) is 14.1. The van der Waals surface area contributed by atoms with Crippen LogP contribution in [0.5, 0.6) is 0 Å². The molecule has 3 rings (SSSR count). The number of aliphatic hydroxyl groups excluding tert-OH is 1. The van der Waals surface area contributed by atoms with E-state index < -0.39 is 12.0 Å². The van der Waals surface area contributed by atoms with Crippen LogP contribution in [0.4, 0.5) is 0 Å². The maximum Gasteiger partial charge on any atom is 0.293 e. The maximum absolute atomic E-state index is 12.7. The largest absolute Gasteiger partial charge is 0.480 e. The van der Waals surface area contributed by atoms with E-state index in [4.69, 9.17) is 4.74 Å². The molecule has 5 nitrogen and oxygen atoms in total. The highest BCUT2D eigenvalue weighted by atomic mass is 16.6. The number of likely N-dealkylation sites (N-methyl/N-ethyl adjacent to an activating group) is 1. The predicted octanol–water partition coefficient (Wildman–Crippen LogP) is 3.81. The Morgan fingerprint density at radius 3 is 2.60 bits per heavy atom. The van der Waals surface area contributed by atoms with E-state index in [0.717, 1.165) is 11.1 Å². The third-order valence-corrected chi connectivity index (χ3v) is 4.30. The second-order valence-corrected chi connectivity index (χ2v) is 5.75. The van der Waals surface area contributed by atoms with Crippen LogP contribution in [0.2, 0.25) is 0 Å². The average molecular weight is 334 g/mol. The predicted molar refractivity (Wildman–Crippen MR) is 93.6 cm³/mol. The lowest BCUT2D eigenvalue weighted by Crippen LogP contribution is -2.25. The topological polar surface area (TPSA) is 73.6 Å². The summed E-state index contributed by atoms with van der Waals surface area (Å²) in [6.07, 6.45) is 0. The van der Waals surface area contributed by atoms with Crippen molar-refractivity contribution in [2.45, 2.75) is 13.0 Å². The molecule has 0 fully saturated rings. The molecule has 0 saturated heterocycles. The van der Waals surface area contributed by atoms with Gasteiger partial charge in [0.25, 0.3) is 11.9 Å². The van der Waals surface area contributed by atoms with Gasteiger partial charge in [-0.15, -0.1) is 0 Å². The van der Waals surface area contributed by atoms with Crippen LogP contribution in [0.25, 0.3) is 11.1 Å². The van der Waals surface area contributed by atoms with Crippen LogP contribution in [0.1, 0.15) is 28.9 Å². The maximum atomic E-state index is 12.7. The van der Waals surface area contributed by atoms with Crippen LogP contribution in [0.3, 0.4) is 0 Å². The van der Waals surface area contributed by atoms with E-state index in [1.807, 2.05) is 54.6 Å². The molecule has 0 radical (unpaired) electrons. The Morgan fingerprint density at radius 1 is 1.24 bits per heavy atom. The van der Waals surface area contributed by atoms with Crippen LogP contribution >= 0.6 is 0 Å². The molecule has 0 saturated carbocycles. The van der Waals surface area contributed by atoms with Crippen LogP contribution in [0.15, 0.2) is 60.0 Å². The fraction of sp³-hybridized carbons (Fsp3) is 0.200. The Morgan fingerprint density at radius 2 is 1.96 bits per heavy atom. The number of hydrogen-bond donors (Lipinski definition) is 1. The van der Waals surface area contributed by atoms with E-state index in [1.54, 1.807) is 14.0 Å². The smallest absolute Gasteiger partial charge is 0.293 e. The molecule has 1 atom stereocenters. The van der Waals surface area contributed by atoms with Gasteiger partial charge in [-0.25, -0.2) is 0 Å². The van der Waals surface area contributed by atoms with Gasteiger partial charge in [0.2, 0.25) is 0 Å². The van der Waals surface area contributed by atoms with Crippen molar-refractivity contribution >= 4 is 5.91 Å². The first kappa shape index (κ1) is 16.6. The van der Waals surface area contributed by atoms with Crippen molar-refractivity contribution < 1.29 is 14.6 Å². The summed E-state index contributed by atoms with van der Waals surface area (Å²) >= 11 is 0. The Hall–Kier alpha value is -3.26. The normalized spacial score (nSPS) is 16.9. The Kier molecular flexibility index (Phi) is 4.44. The lowest BCUT2D eigenvalue weighted by molar-refractivity contribution is 0.0760. The van der Waals surface area contributed by atoms with E-state index in [1.165, 1.54) is 4.90 Å². The number of rotatable bonds is 4. The SMILES string of the molecule is CCO/C(O)=C(/C#N)C1c2ccc(-c3ccccc3)cc2C(=O)N1C. The van der Waals surface area contributed by atoms with E-state index in [2.05, 4.69) is 0 Å². The van der Waals surface area contributed by atoms with Crippen molar-refractivity contribution in [1.82, 2.24) is 4.90 Å². The zero-order chi connectivity index (χ0) is 18.0. The summed E-state index contributed by atoms with van der Waals surface area (Å²) in [5.74, 6) is -0.621. The number of nitriles is 1. The molecule has 25 heavy (non-hydrogen) atoms. The number of carbonyl (C=O) groups excluding carboxylic acids is 1. The summed E-state index contributed by atoms with van der Waals surface area (Å²) in [6, 6.07) is 16.7. The average Bonchev–Trinajstić information content (AvgIpc) is 2.88. The summed E-state index contributed by atoms with van der Waals surface area (Å²) in [5, 5.41) is 19.5. The van der Waals surface area contributed by atoms with E-state index >= 15 is 0 Å². The Bertz CT molecular complexity index is 882. The molecule has 0 aliphatic carbocycles. The monoisotopic (exact) mass is 334 g/mol. The summed E-state index contributed by atoms with van der Waals surface area (Å²) in [7, 11) is 1.62. The number of ether oxygens (including phenoxy) is 1. The third kappa shape index (κ3) is 2.83. The minimum Gasteiger partial charge on any atom is -0.480 e. The molecular formula is C20H18N2O3. The number of carbonyl (C=O) groups is 1. The number of nitrogens with zero attached hydrogens (tertiary/aromatic N) is 2. The number of fused-ring (bicyclic) bond motifs is 1. The minimum atomic E-state index is -0.649. The molecule has 1 amide bonds. The van der Waals surface area contributed by atoms with Gasteiger partial charge in [0.05, 0.1) is 6.61 Å². The van der Waals surface area contributed by atoms with Crippen molar-refractivity contribution in [3.63, 3.8) is 0 Å². The number of benzene rings is 2. The first-order chi connectivity index (χ1) is 12.1. The molecule has 2 aromatic carbocycles. The van der Waals surface area contributed by atoms with Crippen molar-refractivity contribution in [3.8, 4) is 17.2 Å². The van der Waals surface area contributed by atoms with E-state index in [9.17, 15) is 15.2 Å². The van der Waals surface area contributed by atoms with E-state index in [0.29, 0.717) is 11.1 Å². The lowest BCUT2D eigenvalue weighted by Gasteiger charge is -2.20. The molecule has 1 N–H and O–H groups in total. The summed E-state index contributed by atoms with van der Waals surface area (Å²) in [4.78, 5) is 14.1. The zero-order valence-corrected chi connectivity index (χ0v) is 14.1. The molecule has 2 aromatic rings. The first-order valence-corrected chi connectivity index (χ1v) is 8.01. The summed E-state index contributed by atoms with van der Waals surface area (Å²) in [6.45, 7) is 1.95. The molecule has 126 valence electrons. The van der Waals surface area contributed by atoms with Gasteiger partial charge >= 0.3 is 0 Å². The van der Waals surface area contributed by atoms with Crippen LogP contribution in [0, 0.1) is 11.3 Å². The second kappa shape index (κ2) is 6.70. The van der Waals surface area contributed by atoms with Gasteiger partial charge < -0.3 is 14.7 Å². The van der Waals surface area contributed by atoms with Crippen molar-refractivity contribution in [3.05, 3.63) is 71.2 Å². The van der Waals surface area contributed by atoms with Gasteiger partial charge in [0, 0.05) is 12.6 Å². The van der Waals surface area contributed by atoms with Crippen LogP contribution in [-0.2, 0) is 4.74 Å². The molecule has 0 bridgehead atoms. The molecule has 1 aliphatic heterocycles. The van der Waals surface area contributed by atoms with Crippen LogP contribution in [-0.4, -0.2) is 29.6 Å². The Labute approximate surface area is 146 Å². The van der Waals surface area contributed by atoms with Crippen molar-refractivity contribution in [1.29, 1.82) is 5.26 Å². The molecule has 1 aliphatic rings. The summed E-state index contributed by atoms with van der Waals surface area (Å²) < 4.78 is 5.07. The fourth-order valence-electron chi connectivity index (χ4n) is 3.10. The molecule has 1 unspecified atom stereocenters. The van der Waals surface area contributed by atoms with Crippen molar-refractivity contribution in [2.24, 2.45) is 0 Å². The van der Waals surface area contributed by atoms with Crippen LogP contribution < -0.4 is 0 Å².